The molecule has 0 aliphatic rings. The first kappa shape index (κ1) is 10.1. The molecule has 0 saturated carbocycles. The minimum Gasteiger partial charge on any atom is -0.246 e. The summed E-state index contributed by atoms with van der Waals surface area (Å²) in [6, 6.07) is 3.29. The third-order valence-electron chi connectivity index (χ3n) is 2.04. The number of hydrogen-bond acceptors (Lipinski definition) is 4. The molecule has 0 amide bonds. The van der Waals surface area contributed by atoms with Gasteiger partial charge in [-0.25, -0.2) is 23.2 Å². The summed E-state index contributed by atoms with van der Waals surface area (Å²) in [7, 11) is -3.79. The van der Waals surface area contributed by atoms with Crippen molar-refractivity contribution in [3.05, 3.63) is 18.3 Å². The molecule has 2 rings (SSSR count). The lowest BCUT2D eigenvalue weighted by Gasteiger charge is -1.94. The van der Waals surface area contributed by atoms with Crippen molar-refractivity contribution in [2.75, 3.05) is 0 Å². The zero-order chi connectivity index (χ0) is 11.1. The predicted molar refractivity (Wildman–Crippen MR) is 54.6 cm³/mol. The standard InChI is InChI=1S/C8H10N4O2S/c1-2-12-7-6(4-3-5-10-7)8(11-12)15(9,13)14/h3-5H,2H2,1H3,(H2,9,13,14). The van der Waals surface area contributed by atoms with Crippen molar-refractivity contribution in [3.8, 4) is 0 Å². The number of aryl methyl sites for hydroxylation is 1. The van der Waals surface area contributed by atoms with E-state index in [0.717, 1.165) is 0 Å². The van der Waals surface area contributed by atoms with Crippen LogP contribution >= 0.6 is 0 Å². The van der Waals surface area contributed by atoms with E-state index in [1.54, 1.807) is 18.3 Å². The first-order valence-electron chi connectivity index (χ1n) is 4.38. The van der Waals surface area contributed by atoms with Gasteiger partial charge in [-0.1, -0.05) is 0 Å². The Morgan fingerprint density at radius 1 is 1.53 bits per heavy atom. The Morgan fingerprint density at radius 2 is 2.27 bits per heavy atom. The molecule has 0 saturated heterocycles. The van der Waals surface area contributed by atoms with E-state index in [9.17, 15) is 8.42 Å². The van der Waals surface area contributed by atoms with E-state index >= 15 is 0 Å². The lowest BCUT2D eigenvalue weighted by atomic mass is 10.4. The zero-order valence-corrected chi connectivity index (χ0v) is 8.90. The molecule has 0 fully saturated rings. The number of rotatable bonds is 2. The summed E-state index contributed by atoms with van der Waals surface area (Å²) in [6.45, 7) is 2.40. The highest BCUT2D eigenvalue weighted by atomic mass is 32.2. The fourth-order valence-electron chi connectivity index (χ4n) is 1.41. The van der Waals surface area contributed by atoms with Crippen LogP contribution in [0.1, 0.15) is 6.92 Å². The third kappa shape index (κ3) is 1.59. The average Bonchev–Trinajstić information content (AvgIpc) is 2.55. The molecule has 0 unspecified atom stereocenters. The molecular weight excluding hydrogens is 216 g/mol. The van der Waals surface area contributed by atoms with Crippen molar-refractivity contribution in [2.45, 2.75) is 18.5 Å². The van der Waals surface area contributed by atoms with Crippen LogP contribution in [0.15, 0.2) is 23.4 Å². The minimum absolute atomic E-state index is 0.118. The summed E-state index contributed by atoms with van der Waals surface area (Å²) in [5, 5.41) is 9.32. The molecule has 0 radical (unpaired) electrons. The fraction of sp³-hybridized carbons (Fsp3) is 0.250. The van der Waals surface area contributed by atoms with E-state index < -0.39 is 10.0 Å². The molecule has 0 bridgehead atoms. The van der Waals surface area contributed by atoms with Gasteiger partial charge in [-0.3, -0.25) is 0 Å². The molecular formula is C8H10N4O2S. The quantitative estimate of drug-likeness (QED) is 0.786. The summed E-state index contributed by atoms with van der Waals surface area (Å²) in [6.07, 6.45) is 1.59. The van der Waals surface area contributed by atoms with Gasteiger partial charge in [0.1, 0.15) is 0 Å². The molecule has 0 aliphatic heterocycles. The van der Waals surface area contributed by atoms with Crippen LogP contribution in [0.3, 0.4) is 0 Å². The number of pyridine rings is 1. The molecule has 0 spiro atoms. The average molecular weight is 226 g/mol. The number of sulfonamides is 1. The molecule has 2 aromatic rings. The Morgan fingerprint density at radius 3 is 2.87 bits per heavy atom. The normalized spacial score (nSPS) is 12.1. The van der Waals surface area contributed by atoms with Crippen LogP contribution in [0.4, 0.5) is 0 Å². The van der Waals surface area contributed by atoms with Crippen molar-refractivity contribution in [2.24, 2.45) is 5.14 Å². The topological polar surface area (TPSA) is 90.9 Å². The van der Waals surface area contributed by atoms with E-state index in [4.69, 9.17) is 5.14 Å². The van der Waals surface area contributed by atoms with Crippen LogP contribution < -0.4 is 5.14 Å². The highest BCUT2D eigenvalue weighted by Crippen LogP contribution is 2.18. The molecule has 2 aromatic heterocycles. The maximum absolute atomic E-state index is 11.3. The number of fused-ring (bicyclic) bond motifs is 1. The first-order chi connectivity index (χ1) is 7.04. The van der Waals surface area contributed by atoms with E-state index in [1.807, 2.05) is 6.92 Å². The van der Waals surface area contributed by atoms with Crippen molar-refractivity contribution in [1.29, 1.82) is 0 Å². The minimum atomic E-state index is -3.79. The number of aromatic nitrogens is 3. The summed E-state index contributed by atoms with van der Waals surface area (Å²) < 4.78 is 24.0. The Kier molecular flexibility index (Phi) is 2.20. The molecule has 0 aromatic carbocycles. The number of nitrogens with two attached hydrogens (primary N) is 1. The Labute approximate surface area is 86.8 Å². The van der Waals surface area contributed by atoms with Gasteiger partial charge in [0.2, 0.25) is 5.03 Å². The van der Waals surface area contributed by atoms with Gasteiger partial charge in [-0.2, -0.15) is 5.10 Å². The zero-order valence-electron chi connectivity index (χ0n) is 8.08. The molecule has 7 heteroatoms. The second-order valence-electron chi connectivity index (χ2n) is 3.04. The smallest absolute Gasteiger partial charge is 0.246 e. The van der Waals surface area contributed by atoms with Gasteiger partial charge in [-0.15, -0.1) is 0 Å². The molecule has 0 aliphatic carbocycles. The van der Waals surface area contributed by atoms with E-state index in [2.05, 4.69) is 10.1 Å². The van der Waals surface area contributed by atoms with Crippen molar-refractivity contribution < 1.29 is 8.42 Å². The fourth-order valence-corrected chi connectivity index (χ4v) is 2.09. The summed E-state index contributed by atoms with van der Waals surface area (Å²) >= 11 is 0. The Hall–Kier alpha value is -1.47. The number of primary sulfonamides is 1. The van der Waals surface area contributed by atoms with Gasteiger partial charge in [-0.05, 0) is 19.1 Å². The van der Waals surface area contributed by atoms with Crippen LogP contribution in [0.25, 0.3) is 11.0 Å². The van der Waals surface area contributed by atoms with E-state index in [1.165, 1.54) is 4.68 Å². The van der Waals surface area contributed by atoms with Crippen molar-refractivity contribution >= 4 is 21.1 Å². The Balaban J connectivity index is 2.88. The van der Waals surface area contributed by atoms with E-state index in [0.29, 0.717) is 17.6 Å². The van der Waals surface area contributed by atoms with Crippen LogP contribution in [-0.4, -0.2) is 23.2 Å². The van der Waals surface area contributed by atoms with Gasteiger partial charge in [0.15, 0.2) is 5.65 Å². The second-order valence-corrected chi connectivity index (χ2v) is 4.52. The van der Waals surface area contributed by atoms with Crippen molar-refractivity contribution in [3.63, 3.8) is 0 Å². The lowest BCUT2D eigenvalue weighted by molar-refractivity contribution is 0.585. The SMILES string of the molecule is CCn1nc(S(N)(=O)=O)c2cccnc21. The highest BCUT2D eigenvalue weighted by molar-refractivity contribution is 7.89. The number of hydrogen-bond donors (Lipinski definition) is 1. The molecule has 2 heterocycles. The van der Waals surface area contributed by atoms with Crippen LogP contribution in [0.2, 0.25) is 0 Å². The van der Waals surface area contributed by atoms with E-state index in [-0.39, 0.29) is 5.03 Å². The van der Waals surface area contributed by atoms with Crippen molar-refractivity contribution in [1.82, 2.24) is 14.8 Å². The maximum Gasteiger partial charge on any atom is 0.258 e. The van der Waals surface area contributed by atoms with Gasteiger partial charge in [0.25, 0.3) is 10.0 Å². The molecule has 2 N–H and O–H groups in total. The molecule has 80 valence electrons. The van der Waals surface area contributed by atoms with Crippen LogP contribution in [0, 0.1) is 0 Å². The molecule has 15 heavy (non-hydrogen) atoms. The van der Waals surface area contributed by atoms with Gasteiger partial charge < -0.3 is 0 Å². The van der Waals surface area contributed by atoms with Crippen LogP contribution in [-0.2, 0) is 16.6 Å². The first-order valence-corrected chi connectivity index (χ1v) is 5.93. The summed E-state index contributed by atoms with van der Waals surface area (Å²) in [4.78, 5) is 4.07. The van der Waals surface area contributed by atoms with Crippen LogP contribution in [0.5, 0.6) is 0 Å². The lowest BCUT2D eigenvalue weighted by Crippen LogP contribution is -2.13. The predicted octanol–water partition coefficient (Wildman–Crippen LogP) is 0.0986. The maximum atomic E-state index is 11.3. The Bertz CT molecular complexity index is 602. The van der Waals surface area contributed by atoms with Gasteiger partial charge in [0, 0.05) is 12.7 Å². The summed E-state index contributed by atoms with van der Waals surface area (Å²) in [5.41, 5.74) is 0.532. The van der Waals surface area contributed by atoms with Gasteiger partial charge >= 0.3 is 0 Å². The highest BCUT2D eigenvalue weighted by Gasteiger charge is 2.19. The third-order valence-corrected chi connectivity index (χ3v) is 2.88. The van der Waals surface area contributed by atoms with Gasteiger partial charge in [0.05, 0.1) is 5.39 Å². The monoisotopic (exact) mass is 226 g/mol. The largest absolute Gasteiger partial charge is 0.258 e. The second kappa shape index (κ2) is 3.28. The molecule has 0 atom stereocenters. The summed E-state index contributed by atoms with van der Waals surface area (Å²) in [5.74, 6) is 0. The number of nitrogens with zero attached hydrogens (tertiary/aromatic N) is 3. The molecule has 6 nitrogen and oxygen atoms in total.